The van der Waals surface area contributed by atoms with E-state index in [1.807, 2.05) is 43.6 Å². The Labute approximate surface area is 145 Å². The second-order valence-corrected chi connectivity index (χ2v) is 6.39. The molecule has 3 aromatic rings. The van der Waals surface area contributed by atoms with E-state index >= 15 is 0 Å². The molecule has 4 rings (SSSR count). The third kappa shape index (κ3) is 3.42. The van der Waals surface area contributed by atoms with Gasteiger partial charge in [0.2, 0.25) is 5.91 Å². The molecule has 25 heavy (non-hydrogen) atoms. The molecule has 2 aromatic heterocycles. The van der Waals surface area contributed by atoms with Crippen molar-refractivity contribution >= 4 is 16.9 Å². The highest BCUT2D eigenvalue weighted by Crippen LogP contribution is 2.15. The molecule has 7 nitrogen and oxygen atoms in total. The van der Waals surface area contributed by atoms with Gasteiger partial charge < -0.3 is 14.3 Å². The van der Waals surface area contributed by atoms with Gasteiger partial charge in [-0.1, -0.05) is 12.1 Å². The number of fused-ring (bicyclic) bond motifs is 1. The number of para-hydroxylation sites is 2. The van der Waals surface area contributed by atoms with Crippen LogP contribution in [0.3, 0.4) is 0 Å². The van der Waals surface area contributed by atoms with Gasteiger partial charge >= 0.3 is 0 Å². The van der Waals surface area contributed by atoms with Gasteiger partial charge in [-0.05, 0) is 37.6 Å². The first-order valence-corrected chi connectivity index (χ1v) is 8.43. The molecule has 0 aliphatic carbocycles. The number of carbonyl (C=O) groups is 1. The number of aromatic nitrogens is 2. The fourth-order valence-electron chi connectivity index (χ4n) is 3.18. The SMILES string of the molecule is Cc1ccc(CNC(=O)C2CC(Cn3cnc4ccccc43)NN2)o1. The number of benzene rings is 1. The Balaban J connectivity index is 1.32. The maximum atomic E-state index is 12.3. The number of furan rings is 1. The summed E-state index contributed by atoms with van der Waals surface area (Å²) < 4.78 is 7.58. The lowest BCUT2D eigenvalue weighted by Gasteiger charge is -2.11. The first kappa shape index (κ1) is 15.9. The number of rotatable bonds is 5. The van der Waals surface area contributed by atoms with Crippen LogP contribution in [0.25, 0.3) is 11.0 Å². The predicted octanol–water partition coefficient (Wildman–Crippen LogP) is 1.49. The molecule has 0 saturated carbocycles. The number of hydrazine groups is 1. The number of nitrogens with zero attached hydrogens (tertiary/aromatic N) is 2. The van der Waals surface area contributed by atoms with Crippen LogP contribution in [-0.4, -0.2) is 27.5 Å². The molecule has 1 amide bonds. The number of imidazole rings is 1. The van der Waals surface area contributed by atoms with Crippen LogP contribution in [-0.2, 0) is 17.9 Å². The van der Waals surface area contributed by atoms with Crippen molar-refractivity contribution < 1.29 is 9.21 Å². The van der Waals surface area contributed by atoms with Gasteiger partial charge in [-0.2, -0.15) is 0 Å². The molecule has 7 heteroatoms. The number of hydrogen-bond donors (Lipinski definition) is 3. The molecule has 1 saturated heterocycles. The highest BCUT2D eigenvalue weighted by atomic mass is 16.3. The van der Waals surface area contributed by atoms with E-state index in [1.54, 1.807) is 0 Å². The van der Waals surface area contributed by atoms with E-state index in [9.17, 15) is 4.79 Å². The van der Waals surface area contributed by atoms with Crippen LogP contribution in [0.1, 0.15) is 17.9 Å². The third-order valence-corrected chi connectivity index (χ3v) is 4.48. The zero-order valence-corrected chi connectivity index (χ0v) is 14.0. The van der Waals surface area contributed by atoms with Crippen LogP contribution >= 0.6 is 0 Å². The minimum Gasteiger partial charge on any atom is -0.465 e. The van der Waals surface area contributed by atoms with Gasteiger partial charge in [-0.25, -0.2) is 10.4 Å². The van der Waals surface area contributed by atoms with Crippen molar-refractivity contribution in [3.63, 3.8) is 0 Å². The van der Waals surface area contributed by atoms with E-state index in [0.29, 0.717) is 6.54 Å². The minimum atomic E-state index is -0.254. The normalized spacial score (nSPS) is 20.2. The van der Waals surface area contributed by atoms with Crippen LogP contribution in [0, 0.1) is 6.92 Å². The van der Waals surface area contributed by atoms with Gasteiger partial charge in [0.15, 0.2) is 0 Å². The summed E-state index contributed by atoms with van der Waals surface area (Å²) in [5.41, 5.74) is 8.38. The van der Waals surface area contributed by atoms with Gasteiger partial charge in [-0.15, -0.1) is 0 Å². The summed E-state index contributed by atoms with van der Waals surface area (Å²) in [4.78, 5) is 16.7. The summed E-state index contributed by atoms with van der Waals surface area (Å²) in [7, 11) is 0. The molecular formula is C18H21N5O2. The summed E-state index contributed by atoms with van der Waals surface area (Å²) in [6.07, 6.45) is 2.56. The molecule has 3 heterocycles. The molecule has 0 spiro atoms. The monoisotopic (exact) mass is 339 g/mol. The number of aryl methyl sites for hydroxylation is 1. The number of hydrogen-bond acceptors (Lipinski definition) is 5. The van der Waals surface area contributed by atoms with E-state index in [4.69, 9.17) is 4.42 Å². The van der Waals surface area contributed by atoms with Crippen LogP contribution < -0.4 is 16.2 Å². The lowest BCUT2D eigenvalue weighted by atomic mass is 10.1. The first-order valence-electron chi connectivity index (χ1n) is 8.43. The van der Waals surface area contributed by atoms with Crippen molar-refractivity contribution in [1.29, 1.82) is 0 Å². The summed E-state index contributed by atoms with van der Waals surface area (Å²) >= 11 is 0. The van der Waals surface area contributed by atoms with Gasteiger partial charge in [-0.3, -0.25) is 10.2 Å². The second kappa shape index (κ2) is 6.70. The maximum absolute atomic E-state index is 12.3. The number of amides is 1. The lowest BCUT2D eigenvalue weighted by Crippen LogP contribution is -2.43. The summed E-state index contributed by atoms with van der Waals surface area (Å²) in [6, 6.07) is 11.7. The summed E-state index contributed by atoms with van der Waals surface area (Å²) in [5, 5.41) is 2.91. The molecule has 1 fully saturated rings. The maximum Gasteiger partial charge on any atom is 0.238 e. The third-order valence-electron chi connectivity index (χ3n) is 4.48. The predicted molar refractivity (Wildman–Crippen MR) is 93.5 cm³/mol. The minimum absolute atomic E-state index is 0.0282. The van der Waals surface area contributed by atoms with Gasteiger partial charge in [0, 0.05) is 12.6 Å². The second-order valence-electron chi connectivity index (χ2n) is 6.39. The van der Waals surface area contributed by atoms with E-state index in [2.05, 4.69) is 31.8 Å². The molecule has 3 N–H and O–H groups in total. The smallest absolute Gasteiger partial charge is 0.238 e. The molecule has 0 bridgehead atoms. The van der Waals surface area contributed by atoms with Crippen LogP contribution in [0.5, 0.6) is 0 Å². The average molecular weight is 339 g/mol. The van der Waals surface area contributed by atoms with Crippen LogP contribution in [0.2, 0.25) is 0 Å². The van der Waals surface area contributed by atoms with Gasteiger partial charge in [0.1, 0.15) is 17.6 Å². The van der Waals surface area contributed by atoms with Crippen LogP contribution in [0.4, 0.5) is 0 Å². The molecule has 1 aliphatic heterocycles. The topological polar surface area (TPSA) is 84.1 Å². The Kier molecular flexibility index (Phi) is 4.25. The van der Waals surface area contributed by atoms with Gasteiger partial charge in [0.05, 0.1) is 23.9 Å². The Bertz CT molecular complexity index is 884. The molecule has 2 atom stereocenters. The highest BCUT2D eigenvalue weighted by Gasteiger charge is 2.29. The van der Waals surface area contributed by atoms with Gasteiger partial charge in [0.25, 0.3) is 0 Å². The Hall–Kier alpha value is -2.64. The fraction of sp³-hybridized carbons (Fsp3) is 0.333. The number of nitrogens with one attached hydrogen (secondary N) is 3. The number of carbonyl (C=O) groups excluding carboxylic acids is 1. The van der Waals surface area contributed by atoms with E-state index in [-0.39, 0.29) is 18.0 Å². The van der Waals surface area contributed by atoms with Crippen LogP contribution in [0.15, 0.2) is 47.1 Å². The average Bonchev–Trinajstić information content (AvgIpc) is 3.34. The largest absolute Gasteiger partial charge is 0.465 e. The summed E-state index contributed by atoms with van der Waals surface area (Å²) in [5.74, 6) is 1.58. The highest BCUT2D eigenvalue weighted by molar-refractivity contribution is 5.82. The van der Waals surface area contributed by atoms with E-state index < -0.39 is 0 Å². The van der Waals surface area contributed by atoms with Crippen molar-refractivity contribution in [3.8, 4) is 0 Å². The molecule has 0 radical (unpaired) electrons. The van der Waals surface area contributed by atoms with Crippen molar-refractivity contribution in [3.05, 3.63) is 54.2 Å². The molecule has 2 unspecified atom stereocenters. The first-order chi connectivity index (χ1) is 12.2. The van der Waals surface area contributed by atoms with Crippen molar-refractivity contribution in [2.24, 2.45) is 0 Å². The molecule has 1 aromatic carbocycles. The zero-order valence-electron chi connectivity index (χ0n) is 14.0. The van der Waals surface area contributed by atoms with Crippen molar-refractivity contribution in [2.75, 3.05) is 0 Å². The molecule has 1 aliphatic rings. The van der Waals surface area contributed by atoms with E-state index in [1.165, 1.54) is 0 Å². The fourth-order valence-corrected chi connectivity index (χ4v) is 3.18. The summed E-state index contributed by atoms with van der Waals surface area (Å²) in [6.45, 7) is 3.05. The molecule has 130 valence electrons. The standard InChI is InChI=1S/C18H21N5O2/c1-12-6-7-14(25-12)9-19-18(24)16-8-13(21-22-16)10-23-11-20-15-4-2-3-5-17(15)23/h2-7,11,13,16,21-22H,8-10H2,1H3,(H,19,24). The van der Waals surface area contributed by atoms with Crippen molar-refractivity contribution in [2.45, 2.75) is 38.5 Å². The molecular weight excluding hydrogens is 318 g/mol. The van der Waals surface area contributed by atoms with Crippen molar-refractivity contribution in [1.82, 2.24) is 25.7 Å². The Morgan fingerprint density at radius 2 is 2.20 bits per heavy atom. The Morgan fingerprint density at radius 1 is 1.32 bits per heavy atom. The lowest BCUT2D eigenvalue weighted by molar-refractivity contribution is -0.123. The van der Waals surface area contributed by atoms with E-state index in [0.717, 1.165) is 35.5 Å². The quantitative estimate of drug-likeness (QED) is 0.656. The zero-order chi connectivity index (χ0) is 17.2. The Morgan fingerprint density at radius 3 is 3.04 bits per heavy atom.